The Morgan fingerprint density at radius 2 is 2.11 bits per heavy atom. The largest absolute Gasteiger partial charge is 0.488 e. The summed E-state index contributed by atoms with van der Waals surface area (Å²) in [5.41, 5.74) is -0.734. The van der Waals surface area contributed by atoms with Crippen LogP contribution >= 0.6 is 15.9 Å². The Hall–Kier alpha value is -0.750. The van der Waals surface area contributed by atoms with Crippen LogP contribution in [-0.4, -0.2) is 19.2 Å². The molecule has 1 atom stereocenters. The van der Waals surface area contributed by atoms with Crippen LogP contribution in [0, 0.1) is 0 Å². The van der Waals surface area contributed by atoms with E-state index in [0.29, 0.717) is 11.0 Å². The van der Waals surface area contributed by atoms with Gasteiger partial charge in [0.05, 0.1) is 5.56 Å². The fourth-order valence-electron chi connectivity index (χ4n) is 1.93. The summed E-state index contributed by atoms with van der Waals surface area (Å²) in [7, 11) is 0. The van der Waals surface area contributed by atoms with E-state index in [-0.39, 0.29) is 11.9 Å². The molecule has 0 amide bonds. The molecule has 1 fully saturated rings. The van der Waals surface area contributed by atoms with Gasteiger partial charge in [-0.1, -0.05) is 15.9 Å². The van der Waals surface area contributed by atoms with Crippen molar-refractivity contribution < 1.29 is 17.9 Å². The molecule has 0 aliphatic carbocycles. The molecule has 0 aromatic heterocycles. The highest BCUT2D eigenvalue weighted by Gasteiger charge is 2.35. The molecule has 2 rings (SSSR count). The lowest BCUT2D eigenvalue weighted by atomic mass is 10.1. The summed E-state index contributed by atoms with van der Waals surface area (Å²) in [5, 5.41) is 3.11. The highest BCUT2D eigenvalue weighted by molar-refractivity contribution is 9.10. The Labute approximate surface area is 112 Å². The van der Waals surface area contributed by atoms with Crippen LogP contribution in [0.1, 0.15) is 18.4 Å². The van der Waals surface area contributed by atoms with Crippen molar-refractivity contribution in [1.82, 2.24) is 5.32 Å². The highest BCUT2D eigenvalue weighted by Crippen LogP contribution is 2.38. The first-order valence-corrected chi connectivity index (χ1v) is 6.50. The SMILES string of the molecule is FC(F)(F)c1cc(Br)ccc1OC1CCCNC1. The molecule has 1 aromatic carbocycles. The number of hydrogen-bond acceptors (Lipinski definition) is 2. The van der Waals surface area contributed by atoms with Gasteiger partial charge in [-0.25, -0.2) is 0 Å². The second-order valence-corrected chi connectivity index (χ2v) is 5.14. The Kier molecular flexibility index (Phi) is 4.17. The lowest BCUT2D eigenvalue weighted by Crippen LogP contribution is -2.37. The minimum Gasteiger partial charge on any atom is -0.488 e. The first-order chi connectivity index (χ1) is 8.47. The molecule has 0 spiro atoms. The maximum Gasteiger partial charge on any atom is 0.420 e. The van der Waals surface area contributed by atoms with Crippen molar-refractivity contribution in [2.45, 2.75) is 25.1 Å². The Morgan fingerprint density at radius 3 is 2.72 bits per heavy atom. The summed E-state index contributed by atoms with van der Waals surface area (Å²) in [6.45, 7) is 1.49. The first-order valence-electron chi connectivity index (χ1n) is 5.71. The number of ether oxygens (including phenoxy) is 1. The Morgan fingerprint density at radius 1 is 1.33 bits per heavy atom. The van der Waals surface area contributed by atoms with Gasteiger partial charge >= 0.3 is 6.18 Å². The fourth-order valence-corrected chi connectivity index (χ4v) is 2.29. The van der Waals surface area contributed by atoms with E-state index < -0.39 is 11.7 Å². The topological polar surface area (TPSA) is 21.3 Å². The van der Waals surface area contributed by atoms with Crippen LogP contribution in [-0.2, 0) is 6.18 Å². The van der Waals surface area contributed by atoms with Crippen LogP contribution in [0.3, 0.4) is 0 Å². The van der Waals surface area contributed by atoms with Crippen LogP contribution in [0.25, 0.3) is 0 Å². The van der Waals surface area contributed by atoms with Gasteiger partial charge in [0.2, 0.25) is 0 Å². The predicted octanol–water partition coefficient (Wildman–Crippen LogP) is 3.60. The van der Waals surface area contributed by atoms with Crippen molar-refractivity contribution in [2.75, 3.05) is 13.1 Å². The summed E-state index contributed by atoms with van der Waals surface area (Å²) in [6, 6.07) is 3.97. The number of alkyl halides is 3. The molecule has 1 unspecified atom stereocenters. The number of rotatable bonds is 2. The molecule has 1 N–H and O–H groups in total. The van der Waals surface area contributed by atoms with Crippen molar-refractivity contribution in [1.29, 1.82) is 0 Å². The average Bonchev–Trinajstić information content (AvgIpc) is 2.31. The minimum atomic E-state index is -4.40. The van der Waals surface area contributed by atoms with E-state index in [4.69, 9.17) is 4.74 Å². The van der Waals surface area contributed by atoms with E-state index in [9.17, 15) is 13.2 Å². The van der Waals surface area contributed by atoms with Crippen molar-refractivity contribution in [3.05, 3.63) is 28.2 Å². The molecule has 18 heavy (non-hydrogen) atoms. The first kappa shape index (κ1) is 13.7. The lowest BCUT2D eigenvalue weighted by molar-refractivity contribution is -0.139. The van der Waals surface area contributed by atoms with Crippen molar-refractivity contribution in [3.8, 4) is 5.75 Å². The molecule has 1 aliphatic rings. The van der Waals surface area contributed by atoms with E-state index in [1.807, 2.05) is 0 Å². The van der Waals surface area contributed by atoms with Gasteiger partial charge in [-0.3, -0.25) is 0 Å². The summed E-state index contributed by atoms with van der Waals surface area (Å²) in [4.78, 5) is 0. The zero-order valence-corrected chi connectivity index (χ0v) is 11.1. The summed E-state index contributed by atoms with van der Waals surface area (Å²) >= 11 is 3.05. The van der Waals surface area contributed by atoms with Crippen LogP contribution in [0.5, 0.6) is 5.75 Å². The van der Waals surface area contributed by atoms with Crippen molar-refractivity contribution in [2.24, 2.45) is 0 Å². The number of hydrogen-bond donors (Lipinski definition) is 1. The Bertz CT molecular complexity index is 416. The molecule has 1 heterocycles. The third-order valence-corrected chi connectivity index (χ3v) is 3.29. The number of benzene rings is 1. The van der Waals surface area contributed by atoms with Gasteiger partial charge in [0.25, 0.3) is 0 Å². The molecule has 0 bridgehead atoms. The minimum absolute atomic E-state index is 0.0978. The molecule has 1 saturated heterocycles. The van der Waals surface area contributed by atoms with E-state index in [0.717, 1.165) is 25.5 Å². The third kappa shape index (κ3) is 3.38. The fraction of sp³-hybridized carbons (Fsp3) is 0.500. The quantitative estimate of drug-likeness (QED) is 0.897. The average molecular weight is 324 g/mol. The maximum atomic E-state index is 12.9. The molecule has 6 heteroatoms. The number of piperidine rings is 1. The molecule has 1 aliphatic heterocycles. The lowest BCUT2D eigenvalue weighted by Gasteiger charge is -2.25. The number of nitrogens with one attached hydrogen (secondary N) is 1. The van der Waals surface area contributed by atoms with Crippen molar-refractivity contribution >= 4 is 15.9 Å². The van der Waals surface area contributed by atoms with Gasteiger partial charge < -0.3 is 10.1 Å². The van der Waals surface area contributed by atoms with Crippen LogP contribution in [0.2, 0.25) is 0 Å². The van der Waals surface area contributed by atoms with Gasteiger partial charge in [-0.15, -0.1) is 0 Å². The molecule has 0 saturated carbocycles. The van der Waals surface area contributed by atoms with E-state index in [2.05, 4.69) is 21.2 Å². The van der Waals surface area contributed by atoms with Gasteiger partial charge in [0.15, 0.2) is 0 Å². The zero-order valence-electron chi connectivity index (χ0n) is 9.56. The van der Waals surface area contributed by atoms with Gasteiger partial charge in [-0.05, 0) is 37.6 Å². The van der Waals surface area contributed by atoms with E-state index in [1.165, 1.54) is 6.07 Å². The molecule has 0 radical (unpaired) electrons. The predicted molar refractivity (Wildman–Crippen MR) is 65.7 cm³/mol. The summed E-state index contributed by atoms with van der Waals surface area (Å²) in [6.07, 6.45) is -2.90. The van der Waals surface area contributed by atoms with E-state index >= 15 is 0 Å². The molecule has 100 valence electrons. The monoisotopic (exact) mass is 323 g/mol. The molecular formula is C12H13BrF3NO. The van der Waals surface area contributed by atoms with Crippen LogP contribution in [0.15, 0.2) is 22.7 Å². The van der Waals surface area contributed by atoms with E-state index in [1.54, 1.807) is 6.07 Å². The maximum absolute atomic E-state index is 12.9. The molecule has 1 aromatic rings. The second-order valence-electron chi connectivity index (χ2n) is 4.22. The van der Waals surface area contributed by atoms with Gasteiger partial charge in [-0.2, -0.15) is 13.2 Å². The smallest absolute Gasteiger partial charge is 0.420 e. The van der Waals surface area contributed by atoms with Gasteiger partial charge in [0, 0.05) is 11.0 Å². The number of halogens is 4. The van der Waals surface area contributed by atoms with Crippen LogP contribution in [0.4, 0.5) is 13.2 Å². The molecular weight excluding hydrogens is 311 g/mol. The zero-order chi connectivity index (χ0) is 13.2. The Balaban J connectivity index is 2.21. The van der Waals surface area contributed by atoms with Gasteiger partial charge in [0.1, 0.15) is 11.9 Å². The second kappa shape index (κ2) is 5.48. The van der Waals surface area contributed by atoms with Crippen molar-refractivity contribution in [3.63, 3.8) is 0 Å². The third-order valence-electron chi connectivity index (χ3n) is 2.79. The van der Waals surface area contributed by atoms with Crippen LogP contribution < -0.4 is 10.1 Å². The molecule has 2 nitrogen and oxygen atoms in total. The summed E-state index contributed by atoms with van der Waals surface area (Å²) < 4.78 is 44.5. The summed E-state index contributed by atoms with van der Waals surface area (Å²) in [5.74, 6) is -0.0978. The normalized spacial score (nSPS) is 20.8. The standard InChI is InChI=1S/C12H13BrF3NO/c13-8-3-4-11(10(6-8)12(14,15)16)18-9-2-1-5-17-7-9/h3-4,6,9,17H,1-2,5,7H2. The highest BCUT2D eigenvalue weighted by atomic mass is 79.9.